The van der Waals surface area contributed by atoms with Gasteiger partial charge in [0.05, 0.1) is 17.6 Å². The highest BCUT2D eigenvalue weighted by Crippen LogP contribution is 2.17. The van der Waals surface area contributed by atoms with E-state index in [0.29, 0.717) is 0 Å². The van der Waals surface area contributed by atoms with Crippen LogP contribution in [0, 0.1) is 6.92 Å². The van der Waals surface area contributed by atoms with Crippen LogP contribution >= 0.6 is 0 Å². The molecule has 0 aliphatic rings. The molecule has 0 fully saturated rings. The van der Waals surface area contributed by atoms with Crippen molar-refractivity contribution in [2.75, 3.05) is 14.2 Å². The molecule has 7 heteroatoms. The maximum atomic E-state index is 12.2. The summed E-state index contributed by atoms with van der Waals surface area (Å²) in [5.74, 6) is -0.590. The summed E-state index contributed by atoms with van der Waals surface area (Å²) >= 11 is 0. The molecule has 0 heterocycles. The molecule has 0 radical (unpaired) electrons. The molecule has 2 rings (SSSR count). The summed E-state index contributed by atoms with van der Waals surface area (Å²) in [5.41, 5.74) is 2.13. The van der Waals surface area contributed by atoms with Crippen molar-refractivity contribution < 1.29 is 22.8 Å². The van der Waals surface area contributed by atoms with E-state index in [0.717, 1.165) is 15.6 Å². The Morgan fingerprint density at radius 2 is 1.79 bits per heavy atom. The Kier molecular flexibility index (Phi) is 5.71. The molecule has 0 bridgehead atoms. The summed E-state index contributed by atoms with van der Waals surface area (Å²) in [4.78, 5) is 16.8. The fourth-order valence-electron chi connectivity index (χ4n) is 1.95. The largest absolute Gasteiger partial charge is 0.457 e. The summed E-state index contributed by atoms with van der Waals surface area (Å²) in [6, 6.07) is 13.2. The quantitative estimate of drug-likeness (QED) is 0.592. The lowest BCUT2D eigenvalue weighted by atomic mass is 10.2. The normalized spacial score (nSPS) is 11.5. The van der Waals surface area contributed by atoms with Crippen LogP contribution in [-0.2, 0) is 26.2 Å². The minimum absolute atomic E-state index is 0.0448. The third-order valence-corrected chi connectivity index (χ3v) is 5.13. The summed E-state index contributed by atoms with van der Waals surface area (Å²) in [7, 11) is -1.29. The first-order valence-electron chi connectivity index (χ1n) is 7.20. The van der Waals surface area contributed by atoms with Gasteiger partial charge in [0.2, 0.25) is 0 Å². The predicted molar refractivity (Wildman–Crippen MR) is 88.7 cm³/mol. The van der Waals surface area contributed by atoms with Crippen LogP contribution in [-0.4, -0.2) is 33.0 Å². The van der Waals surface area contributed by atoms with Crippen molar-refractivity contribution in [1.29, 1.82) is 0 Å². The fourth-order valence-corrected chi connectivity index (χ4v) is 2.97. The Balaban J connectivity index is 2.13. The van der Waals surface area contributed by atoms with Crippen LogP contribution in [0.3, 0.4) is 0 Å². The smallest absolute Gasteiger partial charge is 0.338 e. The molecule has 6 nitrogen and oxygen atoms in total. The second-order valence-electron chi connectivity index (χ2n) is 5.19. The number of carbonyl (C=O) groups is 1. The lowest BCUT2D eigenvalue weighted by Gasteiger charge is -2.14. The van der Waals surface area contributed by atoms with Crippen molar-refractivity contribution in [2.24, 2.45) is 0 Å². The van der Waals surface area contributed by atoms with Crippen LogP contribution in [0.2, 0.25) is 0 Å². The lowest BCUT2D eigenvalue weighted by Crippen LogP contribution is -2.25. The molecule has 0 N–H and O–H groups in total. The van der Waals surface area contributed by atoms with Gasteiger partial charge in [0.15, 0.2) is 0 Å². The highest BCUT2D eigenvalue weighted by Gasteiger charge is 2.22. The molecule has 128 valence electrons. The Labute approximate surface area is 141 Å². The average Bonchev–Trinajstić information content (AvgIpc) is 2.60. The van der Waals surface area contributed by atoms with Gasteiger partial charge in [-0.1, -0.05) is 40.4 Å². The Morgan fingerprint density at radius 3 is 2.42 bits per heavy atom. The predicted octanol–water partition coefficient (Wildman–Crippen LogP) is 2.53. The molecule has 2 aromatic carbocycles. The standard InChI is InChI=1S/C17H19NO5S/c1-13-7-9-14(10-8-13)12-23-17(19)15-5-4-6-16(11-15)24(20,21)18(2)22-3/h4-11H,12H2,1-3H3. The van der Waals surface area contributed by atoms with E-state index in [9.17, 15) is 13.2 Å². The van der Waals surface area contributed by atoms with E-state index in [1.54, 1.807) is 0 Å². The molecule has 0 amide bonds. The number of esters is 1. The van der Waals surface area contributed by atoms with Crippen molar-refractivity contribution in [3.63, 3.8) is 0 Å². The molecular weight excluding hydrogens is 330 g/mol. The van der Waals surface area contributed by atoms with Gasteiger partial charge in [0.1, 0.15) is 6.61 Å². The molecule has 2 aromatic rings. The molecule has 24 heavy (non-hydrogen) atoms. The number of hydroxylamine groups is 1. The zero-order valence-corrected chi connectivity index (χ0v) is 14.5. The van der Waals surface area contributed by atoms with Crippen LogP contribution in [0.5, 0.6) is 0 Å². The second-order valence-corrected chi connectivity index (χ2v) is 7.12. The molecule has 0 aliphatic carbocycles. The first-order valence-corrected chi connectivity index (χ1v) is 8.64. The molecule has 0 atom stereocenters. The van der Waals surface area contributed by atoms with Crippen LogP contribution in [0.25, 0.3) is 0 Å². The molecule has 0 aliphatic heterocycles. The maximum absolute atomic E-state index is 12.2. The zero-order chi connectivity index (χ0) is 17.7. The van der Waals surface area contributed by atoms with E-state index >= 15 is 0 Å². The van der Waals surface area contributed by atoms with Gasteiger partial charge in [0.25, 0.3) is 10.0 Å². The molecule has 0 unspecified atom stereocenters. The molecular formula is C17H19NO5S. The summed E-state index contributed by atoms with van der Waals surface area (Å²) in [6.45, 7) is 2.09. The van der Waals surface area contributed by atoms with E-state index in [-0.39, 0.29) is 17.1 Å². The maximum Gasteiger partial charge on any atom is 0.338 e. The zero-order valence-electron chi connectivity index (χ0n) is 13.7. The molecule has 0 aromatic heterocycles. The number of hydrogen-bond donors (Lipinski definition) is 0. The lowest BCUT2D eigenvalue weighted by molar-refractivity contribution is -0.0258. The van der Waals surface area contributed by atoms with Gasteiger partial charge in [-0.2, -0.15) is 0 Å². The van der Waals surface area contributed by atoms with Crippen LogP contribution in [0.15, 0.2) is 53.4 Å². The minimum atomic E-state index is -3.81. The molecule has 0 saturated carbocycles. The number of benzene rings is 2. The number of nitrogens with zero attached hydrogens (tertiary/aromatic N) is 1. The number of rotatable bonds is 6. The Morgan fingerprint density at radius 1 is 1.12 bits per heavy atom. The van der Waals surface area contributed by atoms with Crippen LogP contribution in [0.4, 0.5) is 0 Å². The van der Waals surface area contributed by atoms with E-state index in [1.807, 2.05) is 31.2 Å². The number of hydrogen-bond acceptors (Lipinski definition) is 5. The average molecular weight is 349 g/mol. The van der Waals surface area contributed by atoms with Crippen LogP contribution in [0.1, 0.15) is 21.5 Å². The summed E-state index contributed by atoms with van der Waals surface area (Å²) < 4.78 is 30.4. The number of carbonyl (C=O) groups excluding carboxylic acids is 1. The van der Waals surface area contributed by atoms with Crippen molar-refractivity contribution >= 4 is 16.0 Å². The van der Waals surface area contributed by atoms with Gasteiger partial charge in [-0.05, 0) is 30.7 Å². The van der Waals surface area contributed by atoms with Crippen molar-refractivity contribution in [1.82, 2.24) is 4.47 Å². The van der Waals surface area contributed by atoms with E-state index in [2.05, 4.69) is 0 Å². The number of aryl methyl sites for hydroxylation is 1. The Hall–Kier alpha value is -2.22. The number of sulfonamides is 1. The van der Waals surface area contributed by atoms with Gasteiger partial charge >= 0.3 is 5.97 Å². The van der Waals surface area contributed by atoms with Crippen molar-refractivity contribution in [2.45, 2.75) is 18.4 Å². The third-order valence-electron chi connectivity index (χ3n) is 3.45. The second kappa shape index (κ2) is 7.57. The van der Waals surface area contributed by atoms with E-state index in [4.69, 9.17) is 9.57 Å². The van der Waals surface area contributed by atoms with E-state index < -0.39 is 16.0 Å². The summed E-state index contributed by atoms with van der Waals surface area (Å²) in [5, 5.41) is 0. The fraction of sp³-hybridized carbons (Fsp3) is 0.235. The Bertz CT molecular complexity index is 815. The highest BCUT2D eigenvalue weighted by molar-refractivity contribution is 7.89. The topological polar surface area (TPSA) is 72.9 Å². The first kappa shape index (κ1) is 18.1. The minimum Gasteiger partial charge on any atom is -0.457 e. The van der Waals surface area contributed by atoms with Gasteiger partial charge < -0.3 is 4.74 Å². The third kappa shape index (κ3) is 4.19. The van der Waals surface area contributed by atoms with Crippen LogP contribution < -0.4 is 0 Å². The highest BCUT2D eigenvalue weighted by atomic mass is 32.2. The van der Waals surface area contributed by atoms with Gasteiger partial charge in [-0.3, -0.25) is 4.84 Å². The van der Waals surface area contributed by atoms with Crippen molar-refractivity contribution in [3.8, 4) is 0 Å². The van der Waals surface area contributed by atoms with E-state index in [1.165, 1.54) is 38.4 Å². The first-order chi connectivity index (χ1) is 11.3. The monoisotopic (exact) mass is 349 g/mol. The van der Waals surface area contributed by atoms with Gasteiger partial charge in [-0.15, -0.1) is 0 Å². The van der Waals surface area contributed by atoms with Gasteiger partial charge in [0, 0.05) is 7.05 Å². The molecule has 0 saturated heterocycles. The number of ether oxygens (including phenoxy) is 1. The van der Waals surface area contributed by atoms with Gasteiger partial charge in [-0.25, -0.2) is 13.2 Å². The summed E-state index contributed by atoms with van der Waals surface area (Å²) in [6.07, 6.45) is 0. The SMILES string of the molecule is CON(C)S(=O)(=O)c1cccc(C(=O)OCc2ccc(C)cc2)c1. The molecule has 0 spiro atoms. The van der Waals surface area contributed by atoms with Crippen molar-refractivity contribution in [3.05, 3.63) is 65.2 Å².